The second kappa shape index (κ2) is 11.7. The molecule has 0 saturated heterocycles. The second-order valence-corrected chi connectivity index (χ2v) is 10.4. The van der Waals surface area contributed by atoms with Gasteiger partial charge in [-0.3, -0.25) is 0 Å². The Morgan fingerprint density at radius 1 is 0.280 bits per heavy atom. The van der Waals surface area contributed by atoms with Crippen LogP contribution in [0, 0.1) is 10.8 Å². The molecule has 0 aromatic heterocycles. The van der Waals surface area contributed by atoms with Crippen LogP contribution in [0.3, 0.4) is 0 Å². The Balaban J connectivity index is 2.01. The molecule has 0 heterocycles. The van der Waals surface area contributed by atoms with Gasteiger partial charge in [0.05, 0.1) is 0 Å². The molecule has 0 unspecified atom stereocenters. The van der Waals surface area contributed by atoms with E-state index in [1.807, 2.05) is 0 Å². The van der Waals surface area contributed by atoms with Gasteiger partial charge in [0.2, 0.25) is 0 Å². The van der Waals surface area contributed by atoms with Gasteiger partial charge in [0.25, 0.3) is 0 Å². The normalized spacial score (nSPS) is 35.8. The molecule has 0 aliphatic heterocycles. The zero-order valence-corrected chi connectivity index (χ0v) is 17.8. The number of hydrogen-bond acceptors (Lipinski definition) is 0. The molecule has 2 aliphatic carbocycles. The van der Waals surface area contributed by atoms with Crippen molar-refractivity contribution in [2.75, 3.05) is 0 Å². The smallest absolute Gasteiger partial charge is 0.0326 e. The summed E-state index contributed by atoms with van der Waals surface area (Å²) < 4.78 is 0. The van der Waals surface area contributed by atoms with E-state index < -0.39 is 0 Å². The minimum atomic E-state index is 0.656. The Hall–Kier alpha value is 0. The molecule has 0 amide bonds. The molecule has 2 rings (SSSR count). The van der Waals surface area contributed by atoms with Crippen molar-refractivity contribution in [3.63, 3.8) is 0 Å². The SMILES string of the molecule is CC12CCCCCCCCC(C)(CCCCCCCC1)CCCCC2. The Kier molecular flexibility index (Phi) is 9.93. The van der Waals surface area contributed by atoms with E-state index in [1.165, 1.54) is 135 Å². The molecule has 2 bridgehead atoms. The standard InChI is InChI=1S/C25H48/c1-24-18-12-7-3-5-9-14-20-25(2,23-17-11-16-22-24)21-15-10-6-4-8-13-19-24/h3-23H2,1-2H3. The zero-order valence-electron chi connectivity index (χ0n) is 17.8. The van der Waals surface area contributed by atoms with Gasteiger partial charge in [0, 0.05) is 0 Å². The Labute approximate surface area is 159 Å². The van der Waals surface area contributed by atoms with E-state index in [2.05, 4.69) is 13.8 Å². The van der Waals surface area contributed by atoms with Gasteiger partial charge < -0.3 is 0 Å². The molecule has 2 fully saturated rings. The van der Waals surface area contributed by atoms with Crippen LogP contribution in [-0.2, 0) is 0 Å². The van der Waals surface area contributed by atoms with Crippen molar-refractivity contribution in [2.24, 2.45) is 10.8 Å². The monoisotopic (exact) mass is 348 g/mol. The van der Waals surface area contributed by atoms with Gasteiger partial charge in [-0.05, 0) is 49.4 Å². The lowest BCUT2D eigenvalue weighted by Crippen LogP contribution is -2.17. The number of hydrogen-bond donors (Lipinski definition) is 0. The number of fused-ring (bicyclic) bond motifs is 6. The topological polar surface area (TPSA) is 0 Å². The fraction of sp³-hybridized carbons (Fsp3) is 1.00. The van der Waals surface area contributed by atoms with Crippen LogP contribution in [0.4, 0.5) is 0 Å². The minimum absolute atomic E-state index is 0.656. The van der Waals surface area contributed by atoms with Gasteiger partial charge in [-0.15, -0.1) is 0 Å². The van der Waals surface area contributed by atoms with E-state index in [1.54, 1.807) is 0 Å². The lowest BCUT2D eigenvalue weighted by Gasteiger charge is -2.31. The molecule has 0 radical (unpaired) electrons. The summed E-state index contributed by atoms with van der Waals surface area (Å²) in [5.41, 5.74) is 1.31. The molecule has 0 spiro atoms. The van der Waals surface area contributed by atoms with Crippen molar-refractivity contribution in [2.45, 2.75) is 149 Å². The fourth-order valence-electron chi connectivity index (χ4n) is 5.65. The molecule has 25 heavy (non-hydrogen) atoms. The quantitative estimate of drug-likeness (QED) is 0.409. The van der Waals surface area contributed by atoms with Crippen molar-refractivity contribution in [1.29, 1.82) is 0 Å². The largest absolute Gasteiger partial charge is 0.0596 e. The summed E-state index contributed by atoms with van der Waals surface area (Å²) in [4.78, 5) is 0. The number of rotatable bonds is 0. The highest BCUT2D eigenvalue weighted by molar-refractivity contribution is 4.78. The van der Waals surface area contributed by atoms with Crippen LogP contribution in [0.5, 0.6) is 0 Å². The van der Waals surface area contributed by atoms with Gasteiger partial charge in [-0.2, -0.15) is 0 Å². The van der Waals surface area contributed by atoms with E-state index in [0.29, 0.717) is 10.8 Å². The Morgan fingerprint density at radius 2 is 0.440 bits per heavy atom. The van der Waals surface area contributed by atoms with Gasteiger partial charge in [-0.1, -0.05) is 110 Å². The first kappa shape index (κ1) is 21.3. The summed E-state index contributed by atoms with van der Waals surface area (Å²) in [6.45, 7) is 5.26. The van der Waals surface area contributed by atoms with Crippen LogP contribution in [0.15, 0.2) is 0 Å². The summed E-state index contributed by atoms with van der Waals surface area (Å²) in [6, 6.07) is 0. The highest BCUT2D eigenvalue weighted by Gasteiger charge is 2.25. The molecule has 148 valence electrons. The van der Waals surface area contributed by atoms with Crippen LogP contribution in [0.25, 0.3) is 0 Å². The second-order valence-electron chi connectivity index (χ2n) is 10.4. The molecule has 2 aliphatic rings. The van der Waals surface area contributed by atoms with E-state index in [9.17, 15) is 0 Å². The van der Waals surface area contributed by atoms with Crippen LogP contribution in [-0.4, -0.2) is 0 Å². The van der Waals surface area contributed by atoms with Crippen molar-refractivity contribution in [3.05, 3.63) is 0 Å². The lowest BCUT2D eigenvalue weighted by molar-refractivity contribution is 0.213. The van der Waals surface area contributed by atoms with Crippen molar-refractivity contribution in [3.8, 4) is 0 Å². The van der Waals surface area contributed by atoms with E-state index in [4.69, 9.17) is 0 Å². The maximum absolute atomic E-state index is 2.63. The first-order valence-electron chi connectivity index (χ1n) is 12.1. The van der Waals surface area contributed by atoms with E-state index >= 15 is 0 Å². The molecule has 0 N–H and O–H groups in total. The third-order valence-electron chi connectivity index (χ3n) is 7.68. The van der Waals surface area contributed by atoms with Gasteiger partial charge >= 0.3 is 0 Å². The average Bonchev–Trinajstić information content (AvgIpc) is 2.59. The summed E-state index contributed by atoms with van der Waals surface area (Å²) in [7, 11) is 0. The van der Waals surface area contributed by atoms with Crippen LogP contribution < -0.4 is 0 Å². The molecule has 0 aromatic rings. The maximum atomic E-state index is 2.63. The van der Waals surface area contributed by atoms with Gasteiger partial charge in [0.15, 0.2) is 0 Å². The summed E-state index contributed by atoms with van der Waals surface area (Å²) in [6.07, 6.45) is 31.4. The molecule has 0 nitrogen and oxygen atoms in total. The summed E-state index contributed by atoms with van der Waals surface area (Å²) in [5, 5.41) is 0. The lowest BCUT2D eigenvalue weighted by atomic mass is 9.75. The first-order chi connectivity index (χ1) is 12.1. The predicted molar refractivity (Wildman–Crippen MR) is 113 cm³/mol. The average molecular weight is 349 g/mol. The zero-order chi connectivity index (χ0) is 17.8. The van der Waals surface area contributed by atoms with Gasteiger partial charge in [-0.25, -0.2) is 0 Å². The molecular formula is C25H48. The van der Waals surface area contributed by atoms with E-state index in [0.717, 1.165) is 0 Å². The van der Waals surface area contributed by atoms with Crippen molar-refractivity contribution >= 4 is 0 Å². The highest BCUT2D eigenvalue weighted by Crippen LogP contribution is 2.40. The summed E-state index contributed by atoms with van der Waals surface area (Å²) >= 11 is 0. The van der Waals surface area contributed by atoms with Crippen molar-refractivity contribution in [1.82, 2.24) is 0 Å². The first-order valence-corrected chi connectivity index (χ1v) is 12.1. The third-order valence-corrected chi connectivity index (χ3v) is 7.68. The fourth-order valence-corrected chi connectivity index (χ4v) is 5.65. The minimum Gasteiger partial charge on any atom is -0.0596 e. The molecular weight excluding hydrogens is 300 g/mol. The Bertz CT molecular complexity index is 277. The van der Waals surface area contributed by atoms with E-state index in [-0.39, 0.29) is 0 Å². The summed E-state index contributed by atoms with van der Waals surface area (Å²) in [5.74, 6) is 0. The van der Waals surface area contributed by atoms with Gasteiger partial charge in [0.1, 0.15) is 0 Å². The van der Waals surface area contributed by atoms with Crippen LogP contribution in [0.1, 0.15) is 149 Å². The van der Waals surface area contributed by atoms with Crippen LogP contribution >= 0.6 is 0 Å². The van der Waals surface area contributed by atoms with Crippen LogP contribution in [0.2, 0.25) is 0 Å². The Morgan fingerprint density at radius 3 is 0.680 bits per heavy atom. The molecule has 0 aromatic carbocycles. The molecule has 0 heteroatoms. The predicted octanol–water partition coefficient (Wildman–Crippen LogP) is 9.22. The highest BCUT2D eigenvalue weighted by atomic mass is 14.3. The van der Waals surface area contributed by atoms with Crippen molar-refractivity contribution < 1.29 is 0 Å². The maximum Gasteiger partial charge on any atom is -0.0326 e. The molecule has 0 atom stereocenters. The third kappa shape index (κ3) is 8.96. The molecule has 2 saturated carbocycles.